The van der Waals surface area contributed by atoms with Gasteiger partial charge < -0.3 is 9.64 Å². The van der Waals surface area contributed by atoms with Crippen molar-refractivity contribution < 1.29 is 9.53 Å². The molecular weight excluding hydrogens is 312 g/mol. The summed E-state index contributed by atoms with van der Waals surface area (Å²) < 4.78 is 5.19. The van der Waals surface area contributed by atoms with E-state index in [-0.39, 0.29) is 5.78 Å². The molecule has 0 amide bonds. The molecule has 4 heteroatoms. The van der Waals surface area contributed by atoms with Gasteiger partial charge in [0.05, 0.1) is 7.11 Å². The van der Waals surface area contributed by atoms with E-state index in [0.29, 0.717) is 6.42 Å². The number of Topliss-reactive ketones (excluding diaryl/α,β-unsaturated/α-hetero) is 1. The zero-order chi connectivity index (χ0) is 17.5. The Balaban J connectivity index is 1.42. The van der Waals surface area contributed by atoms with E-state index in [0.717, 1.165) is 50.6 Å². The van der Waals surface area contributed by atoms with Gasteiger partial charge in [0.2, 0.25) is 0 Å². The first-order valence-corrected chi connectivity index (χ1v) is 8.90. The van der Waals surface area contributed by atoms with Crippen LogP contribution in [0.3, 0.4) is 0 Å². The first kappa shape index (κ1) is 17.6. The third-order valence-corrected chi connectivity index (χ3v) is 4.76. The van der Waals surface area contributed by atoms with Gasteiger partial charge >= 0.3 is 0 Å². The minimum Gasteiger partial charge on any atom is -0.497 e. The lowest BCUT2D eigenvalue weighted by Crippen LogP contribution is -2.46. The van der Waals surface area contributed by atoms with Crippen molar-refractivity contribution in [3.8, 4) is 5.75 Å². The second-order valence-corrected chi connectivity index (χ2v) is 6.51. The van der Waals surface area contributed by atoms with Gasteiger partial charge in [0, 0.05) is 51.3 Å². The minimum absolute atomic E-state index is 0.186. The molecule has 2 aromatic carbocycles. The summed E-state index contributed by atoms with van der Waals surface area (Å²) in [5, 5.41) is 0. The lowest BCUT2D eigenvalue weighted by molar-refractivity contribution is 0.0922. The highest BCUT2D eigenvalue weighted by atomic mass is 16.5. The van der Waals surface area contributed by atoms with Crippen LogP contribution >= 0.6 is 0 Å². The van der Waals surface area contributed by atoms with Gasteiger partial charge in [0.25, 0.3) is 0 Å². The first-order valence-electron chi connectivity index (χ1n) is 8.90. The maximum absolute atomic E-state index is 12.4. The Kier molecular flexibility index (Phi) is 6.20. The molecule has 0 spiro atoms. The molecule has 132 valence electrons. The second kappa shape index (κ2) is 8.79. The number of piperazine rings is 1. The van der Waals surface area contributed by atoms with Crippen molar-refractivity contribution in [1.29, 1.82) is 0 Å². The van der Waals surface area contributed by atoms with Gasteiger partial charge in [-0.3, -0.25) is 9.69 Å². The molecule has 2 aromatic rings. The Morgan fingerprint density at radius 3 is 2.40 bits per heavy atom. The van der Waals surface area contributed by atoms with Crippen molar-refractivity contribution in [2.75, 3.05) is 39.8 Å². The summed E-state index contributed by atoms with van der Waals surface area (Å²) in [6.45, 7) is 6.01. The molecule has 0 aromatic heterocycles. The number of hydrogen-bond donors (Lipinski definition) is 0. The summed E-state index contributed by atoms with van der Waals surface area (Å²) in [4.78, 5) is 17.2. The number of rotatable bonds is 7. The summed E-state index contributed by atoms with van der Waals surface area (Å²) in [5.74, 6) is 0.922. The van der Waals surface area contributed by atoms with Gasteiger partial charge in [0.15, 0.2) is 5.78 Å². The number of nitrogens with zero attached hydrogens (tertiary/aromatic N) is 2. The van der Waals surface area contributed by atoms with E-state index in [4.69, 9.17) is 4.74 Å². The second-order valence-electron chi connectivity index (χ2n) is 6.51. The molecule has 0 saturated carbocycles. The number of carbonyl (C=O) groups is 1. The highest BCUT2D eigenvalue weighted by Gasteiger charge is 2.18. The van der Waals surface area contributed by atoms with Crippen LogP contribution < -0.4 is 4.74 Å². The molecule has 0 radical (unpaired) electrons. The van der Waals surface area contributed by atoms with Crippen LogP contribution in [0.15, 0.2) is 54.6 Å². The molecule has 1 aliphatic heterocycles. The van der Waals surface area contributed by atoms with Crippen molar-refractivity contribution in [3.63, 3.8) is 0 Å². The largest absolute Gasteiger partial charge is 0.497 e. The van der Waals surface area contributed by atoms with Crippen molar-refractivity contribution in [2.24, 2.45) is 0 Å². The van der Waals surface area contributed by atoms with Crippen LogP contribution in [0.2, 0.25) is 0 Å². The molecule has 0 N–H and O–H groups in total. The summed E-state index contributed by atoms with van der Waals surface area (Å²) in [6.07, 6.45) is 0.561. The van der Waals surface area contributed by atoms with Crippen LogP contribution in [0.4, 0.5) is 0 Å². The molecule has 0 unspecified atom stereocenters. The van der Waals surface area contributed by atoms with Crippen LogP contribution in [0, 0.1) is 0 Å². The predicted octanol–water partition coefficient (Wildman–Crippen LogP) is 3.09. The van der Waals surface area contributed by atoms with E-state index < -0.39 is 0 Å². The SMILES string of the molecule is COc1cccc(C(=O)CCN2CCN(Cc3ccccc3)CC2)c1. The lowest BCUT2D eigenvalue weighted by atomic mass is 10.1. The van der Waals surface area contributed by atoms with Crippen molar-refractivity contribution in [3.05, 3.63) is 65.7 Å². The van der Waals surface area contributed by atoms with Crippen LogP contribution in [0.25, 0.3) is 0 Å². The number of ketones is 1. The van der Waals surface area contributed by atoms with Crippen molar-refractivity contribution >= 4 is 5.78 Å². The average molecular weight is 338 g/mol. The number of methoxy groups -OCH3 is 1. The van der Waals surface area contributed by atoms with Crippen LogP contribution in [-0.4, -0.2) is 55.4 Å². The molecular formula is C21H26N2O2. The molecule has 1 saturated heterocycles. The zero-order valence-corrected chi connectivity index (χ0v) is 14.9. The molecule has 25 heavy (non-hydrogen) atoms. The normalized spacial score (nSPS) is 15.9. The molecule has 1 fully saturated rings. The molecule has 1 aliphatic rings. The smallest absolute Gasteiger partial charge is 0.164 e. The highest BCUT2D eigenvalue weighted by molar-refractivity contribution is 5.96. The van der Waals surface area contributed by atoms with Crippen molar-refractivity contribution in [2.45, 2.75) is 13.0 Å². The lowest BCUT2D eigenvalue weighted by Gasteiger charge is -2.34. The number of ether oxygens (including phenoxy) is 1. The van der Waals surface area contributed by atoms with Gasteiger partial charge in [-0.15, -0.1) is 0 Å². The predicted molar refractivity (Wildman–Crippen MR) is 100 cm³/mol. The molecule has 3 rings (SSSR count). The van der Waals surface area contributed by atoms with Crippen LogP contribution in [0.5, 0.6) is 5.75 Å². The Hall–Kier alpha value is -2.17. The summed E-state index contributed by atoms with van der Waals surface area (Å²) in [7, 11) is 1.62. The standard InChI is InChI=1S/C21H26N2O2/c1-25-20-9-5-8-19(16-20)21(24)10-11-22-12-14-23(15-13-22)17-18-6-3-2-4-7-18/h2-9,16H,10-15,17H2,1H3. The third kappa shape index (κ3) is 5.15. The Morgan fingerprint density at radius 2 is 1.68 bits per heavy atom. The number of hydrogen-bond acceptors (Lipinski definition) is 4. The Labute approximate surface area is 150 Å². The molecule has 0 aliphatic carbocycles. The van der Waals surface area contributed by atoms with Gasteiger partial charge in [-0.25, -0.2) is 0 Å². The quantitative estimate of drug-likeness (QED) is 0.727. The van der Waals surface area contributed by atoms with Gasteiger partial charge in [-0.2, -0.15) is 0 Å². The summed E-state index contributed by atoms with van der Waals surface area (Å²) >= 11 is 0. The topological polar surface area (TPSA) is 32.8 Å². The Morgan fingerprint density at radius 1 is 0.960 bits per heavy atom. The van der Waals surface area contributed by atoms with E-state index in [2.05, 4.69) is 40.1 Å². The van der Waals surface area contributed by atoms with Gasteiger partial charge in [-0.1, -0.05) is 42.5 Å². The number of carbonyl (C=O) groups excluding carboxylic acids is 1. The third-order valence-electron chi connectivity index (χ3n) is 4.76. The zero-order valence-electron chi connectivity index (χ0n) is 14.9. The monoisotopic (exact) mass is 338 g/mol. The van der Waals surface area contributed by atoms with Gasteiger partial charge in [-0.05, 0) is 17.7 Å². The minimum atomic E-state index is 0.186. The first-order chi connectivity index (χ1) is 12.2. The van der Waals surface area contributed by atoms with E-state index in [1.54, 1.807) is 7.11 Å². The maximum atomic E-state index is 12.4. The fourth-order valence-corrected chi connectivity index (χ4v) is 3.21. The Bertz CT molecular complexity index is 679. The molecule has 0 bridgehead atoms. The fraction of sp³-hybridized carbons (Fsp3) is 0.381. The summed E-state index contributed by atoms with van der Waals surface area (Å²) in [5.41, 5.74) is 2.10. The van der Waals surface area contributed by atoms with Gasteiger partial charge in [0.1, 0.15) is 5.75 Å². The van der Waals surface area contributed by atoms with E-state index in [1.807, 2.05) is 24.3 Å². The van der Waals surface area contributed by atoms with Crippen LogP contribution in [0.1, 0.15) is 22.3 Å². The fourth-order valence-electron chi connectivity index (χ4n) is 3.21. The van der Waals surface area contributed by atoms with E-state index in [9.17, 15) is 4.79 Å². The highest BCUT2D eigenvalue weighted by Crippen LogP contribution is 2.15. The molecule has 0 atom stereocenters. The maximum Gasteiger partial charge on any atom is 0.164 e. The van der Waals surface area contributed by atoms with Crippen LogP contribution in [-0.2, 0) is 6.54 Å². The summed E-state index contributed by atoms with van der Waals surface area (Å²) in [6, 6.07) is 18.0. The molecule has 1 heterocycles. The number of benzene rings is 2. The van der Waals surface area contributed by atoms with E-state index in [1.165, 1.54) is 5.56 Å². The average Bonchev–Trinajstić information content (AvgIpc) is 2.68. The van der Waals surface area contributed by atoms with Crippen molar-refractivity contribution in [1.82, 2.24) is 9.80 Å². The molecule has 4 nitrogen and oxygen atoms in total. The van der Waals surface area contributed by atoms with E-state index >= 15 is 0 Å².